The van der Waals surface area contributed by atoms with Crippen LogP contribution in [0.15, 0.2) is 4.99 Å². The topological polar surface area (TPSA) is 39.7 Å². The van der Waals surface area contributed by atoms with Crippen molar-refractivity contribution in [1.82, 2.24) is 15.5 Å². The van der Waals surface area contributed by atoms with Gasteiger partial charge in [-0.15, -0.1) is 6.42 Å². The van der Waals surface area contributed by atoms with Gasteiger partial charge in [-0.05, 0) is 25.8 Å². The van der Waals surface area contributed by atoms with Crippen molar-refractivity contribution in [3.63, 3.8) is 0 Å². The Kier molecular flexibility index (Phi) is 6.49. The lowest BCUT2D eigenvalue weighted by Crippen LogP contribution is -2.48. The van der Waals surface area contributed by atoms with E-state index in [4.69, 9.17) is 6.42 Å². The zero-order valence-electron chi connectivity index (χ0n) is 11.0. The maximum absolute atomic E-state index is 5.21. The molecule has 17 heavy (non-hydrogen) atoms. The first-order chi connectivity index (χ1) is 8.30. The molecule has 1 saturated heterocycles. The number of rotatable bonds is 4. The van der Waals surface area contributed by atoms with Gasteiger partial charge in [0.15, 0.2) is 5.96 Å². The fourth-order valence-corrected chi connectivity index (χ4v) is 2.14. The molecule has 96 valence electrons. The number of aliphatic imine (C=N–C) groups is 1. The average Bonchev–Trinajstić information content (AvgIpc) is 2.37. The third-order valence-corrected chi connectivity index (χ3v) is 3.05. The Hall–Kier alpha value is -1.21. The predicted octanol–water partition coefficient (Wildman–Crippen LogP) is 0.659. The number of hydrogen-bond donors (Lipinski definition) is 2. The first kappa shape index (κ1) is 13.9. The summed E-state index contributed by atoms with van der Waals surface area (Å²) in [6.07, 6.45) is 8.81. The van der Waals surface area contributed by atoms with E-state index >= 15 is 0 Å². The number of likely N-dealkylation sites (tertiary alicyclic amines) is 1. The van der Waals surface area contributed by atoms with Gasteiger partial charge in [0.05, 0.1) is 6.54 Å². The SMILES string of the molecule is C#CCNC(=NC)NC1CCN(CCC)CC1. The van der Waals surface area contributed by atoms with E-state index in [9.17, 15) is 0 Å². The molecule has 1 heterocycles. The second kappa shape index (κ2) is 7.97. The highest BCUT2D eigenvalue weighted by molar-refractivity contribution is 5.80. The van der Waals surface area contributed by atoms with Gasteiger partial charge in [0, 0.05) is 26.2 Å². The van der Waals surface area contributed by atoms with Crippen LogP contribution in [0.25, 0.3) is 0 Å². The van der Waals surface area contributed by atoms with E-state index in [1.54, 1.807) is 7.05 Å². The minimum atomic E-state index is 0.520. The standard InChI is InChI=1S/C13H24N4/c1-4-8-15-13(14-3)16-12-6-10-17(9-5-2)11-7-12/h1,12H,5-11H2,2-3H3,(H2,14,15,16). The van der Waals surface area contributed by atoms with Crippen LogP contribution in [0.2, 0.25) is 0 Å². The van der Waals surface area contributed by atoms with Crippen LogP contribution in [-0.4, -0.2) is 50.1 Å². The van der Waals surface area contributed by atoms with Gasteiger partial charge in [-0.3, -0.25) is 4.99 Å². The highest BCUT2D eigenvalue weighted by Gasteiger charge is 2.18. The van der Waals surface area contributed by atoms with Gasteiger partial charge in [0.25, 0.3) is 0 Å². The van der Waals surface area contributed by atoms with E-state index in [1.165, 1.54) is 38.9 Å². The van der Waals surface area contributed by atoms with Gasteiger partial charge in [-0.25, -0.2) is 0 Å². The molecule has 0 radical (unpaired) electrons. The Balaban J connectivity index is 2.27. The fraction of sp³-hybridized carbons (Fsp3) is 0.769. The monoisotopic (exact) mass is 236 g/mol. The smallest absolute Gasteiger partial charge is 0.191 e. The average molecular weight is 236 g/mol. The number of guanidine groups is 1. The van der Waals surface area contributed by atoms with E-state index < -0.39 is 0 Å². The van der Waals surface area contributed by atoms with Crippen molar-refractivity contribution in [2.45, 2.75) is 32.2 Å². The minimum Gasteiger partial charge on any atom is -0.354 e. The molecule has 0 atom stereocenters. The van der Waals surface area contributed by atoms with Crippen LogP contribution in [0.3, 0.4) is 0 Å². The third-order valence-electron chi connectivity index (χ3n) is 3.05. The normalized spacial score (nSPS) is 18.8. The Morgan fingerprint density at radius 3 is 2.71 bits per heavy atom. The summed E-state index contributed by atoms with van der Waals surface area (Å²) in [5.41, 5.74) is 0. The molecule has 1 rings (SSSR count). The molecule has 0 aliphatic carbocycles. The van der Waals surface area contributed by atoms with Crippen LogP contribution < -0.4 is 10.6 Å². The van der Waals surface area contributed by atoms with Crippen LogP contribution in [0.5, 0.6) is 0 Å². The van der Waals surface area contributed by atoms with Crippen LogP contribution in [0, 0.1) is 12.3 Å². The lowest BCUT2D eigenvalue weighted by Gasteiger charge is -2.32. The first-order valence-corrected chi connectivity index (χ1v) is 6.43. The Morgan fingerprint density at radius 1 is 1.47 bits per heavy atom. The van der Waals surface area contributed by atoms with Crippen molar-refractivity contribution in [2.24, 2.45) is 4.99 Å². The fourth-order valence-electron chi connectivity index (χ4n) is 2.14. The zero-order chi connectivity index (χ0) is 12.5. The Labute approximate surface area is 105 Å². The quantitative estimate of drug-likeness (QED) is 0.428. The van der Waals surface area contributed by atoms with Gasteiger partial charge >= 0.3 is 0 Å². The van der Waals surface area contributed by atoms with Crippen LogP contribution >= 0.6 is 0 Å². The van der Waals surface area contributed by atoms with Crippen molar-refractivity contribution >= 4 is 5.96 Å². The van der Waals surface area contributed by atoms with Crippen molar-refractivity contribution in [2.75, 3.05) is 33.2 Å². The Bertz CT molecular complexity index is 272. The summed E-state index contributed by atoms with van der Waals surface area (Å²) in [5.74, 6) is 3.37. The van der Waals surface area contributed by atoms with E-state index in [1.807, 2.05) is 0 Å². The number of terminal acetylenes is 1. The molecular weight excluding hydrogens is 212 g/mol. The lowest BCUT2D eigenvalue weighted by atomic mass is 10.1. The number of hydrogen-bond acceptors (Lipinski definition) is 2. The highest BCUT2D eigenvalue weighted by Crippen LogP contribution is 2.10. The van der Waals surface area contributed by atoms with Crippen LogP contribution in [0.4, 0.5) is 0 Å². The molecule has 0 aromatic rings. The summed E-state index contributed by atoms with van der Waals surface area (Å²) in [6, 6.07) is 0.520. The maximum Gasteiger partial charge on any atom is 0.191 e. The molecule has 0 aromatic carbocycles. The summed E-state index contributed by atoms with van der Waals surface area (Å²) < 4.78 is 0. The number of piperidine rings is 1. The van der Waals surface area contributed by atoms with E-state index in [-0.39, 0.29) is 0 Å². The molecule has 0 amide bonds. The van der Waals surface area contributed by atoms with Gasteiger partial charge < -0.3 is 15.5 Å². The molecule has 1 aliphatic rings. The van der Waals surface area contributed by atoms with Crippen molar-refractivity contribution in [3.8, 4) is 12.3 Å². The molecule has 0 unspecified atom stereocenters. The van der Waals surface area contributed by atoms with Gasteiger partial charge in [-0.1, -0.05) is 12.8 Å². The van der Waals surface area contributed by atoms with Crippen LogP contribution in [0.1, 0.15) is 26.2 Å². The van der Waals surface area contributed by atoms with Crippen molar-refractivity contribution < 1.29 is 0 Å². The largest absolute Gasteiger partial charge is 0.354 e. The molecule has 1 fully saturated rings. The summed E-state index contributed by atoms with van der Waals surface area (Å²) >= 11 is 0. The molecule has 1 aliphatic heterocycles. The third kappa shape index (κ3) is 5.10. The minimum absolute atomic E-state index is 0.520. The Morgan fingerprint density at radius 2 is 2.18 bits per heavy atom. The number of nitrogens with zero attached hydrogens (tertiary/aromatic N) is 2. The van der Waals surface area contributed by atoms with Crippen LogP contribution in [-0.2, 0) is 0 Å². The molecule has 2 N–H and O–H groups in total. The van der Waals surface area contributed by atoms with Gasteiger partial charge in [0.2, 0.25) is 0 Å². The molecular formula is C13H24N4. The lowest BCUT2D eigenvalue weighted by molar-refractivity contribution is 0.206. The first-order valence-electron chi connectivity index (χ1n) is 6.43. The summed E-state index contributed by atoms with van der Waals surface area (Å²) in [4.78, 5) is 6.68. The molecule has 0 bridgehead atoms. The second-order valence-electron chi connectivity index (χ2n) is 4.39. The summed E-state index contributed by atoms with van der Waals surface area (Å²) in [5, 5.41) is 6.51. The summed E-state index contributed by atoms with van der Waals surface area (Å²) in [7, 11) is 1.78. The molecule has 0 spiro atoms. The van der Waals surface area contributed by atoms with Crippen molar-refractivity contribution in [1.29, 1.82) is 0 Å². The van der Waals surface area contributed by atoms with E-state index in [0.29, 0.717) is 12.6 Å². The highest BCUT2D eigenvalue weighted by atomic mass is 15.2. The predicted molar refractivity (Wildman–Crippen MR) is 73.1 cm³/mol. The molecule has 4 heteroatoms. The maximum atomic E-state index is 5.21. The van der Waals surface area contributed by atoms with Gasteiger partial charge in [-0.2, -0.15) is 0 Å². The van der Waals surface area contributed by atoms with Gasteiger partial charge in [0.1, 0.15) is 0 Å². The van der Waals surface area contributed by atoms with E-state index in [0.717, 1.165) is 5.96 Å². The summed E-state index contributed by atoms with van der Waals surface area (Å²) in [6.45, 7) is 6.33. The van der Waals surface area contributed by atoms with E-state index in [2.05, 4.69) is 33.4 Å². The molecule has 4 nitrogen and oxygen atoms in total. The van der Waals surface area contributed by atoms with Crippen molar-refractivity contribution in [3.05, 3.63) is 0 Å². The zero-order valence-corrected chi connectivity index (χ0v) is 11.0. The molecule has 0 aromatic heterocycles. The second-order valence-corrected chi connectivity index (χ2v) is 4.39. The number of nitrogens with one attached hydrogen (secondary N) is 2. The molecule has 0 saturated carbocycles.